The van der Waals surface area contributed by atoms with Crippen LogP contribution in [0.15, 0.2) is 36.7 Å². The highest BCUT2D eigenvalue weighted by molar-refractivity contribution is 6.53. The van der Waals surface area contributed by atoms with E-state index >= 15 is 0 Å². The molecule has 0 unspecified atom stereocenters. The monoisotopic (exact) mass is 241 g/mol. The molecule has 1 fully saturated rings. The van der Waals surface area contributed by atoms with E-state index in [9.17, 15) is 14.4 Å². The molecule has 0 aliphatic carbocycles. The van der Waals surface area contributed by atoms with E-state index in [0.717, 1.165) is 10.3 Å². The van der Waals surface area contributed by atoms with Gasteiger partial charge in [0.05, 0.1) is 5.69 Å². The van der Waals surface area contributed by atoms with Crippen molar-refractivity contribution in [3.63, 3.8) is 0 Å². The molecule has 0 bridgehead atoms. The summed E-state index contributed by atoms with van der Waals surface area (Å²) in [7, 11) is 0. The zero-order valence-electron chi connectivity index (χ0n) is 9.08. The van der Waals surface area contributed by atoms with Crippen LogP contribution in [0.2, 0.25) is 0 Å². The first-order valence-corrected chi connectivity index (χ1v) is 5.20. The van der Waals surface area contributed by atoms with Gasteiger partial charge < -0.3 is 0 Å². The molecule has 4 amide bonds. The van der Waals surface area contributed by atoms with Gasteiger partial charge in [-0.2, -0.15) is 0 Å². The molecule has 0 radical (unpaired) electrons. The highest BCUT2D eigenvalue weighted by Crippen LogP contribution is 2.27. The molecule has 3 rings (SSSR count). The number of rotatable bonds is 1. The Morgan fingerprint density at radius 2 is 1.94 bits per heavy atom. The Morgan fingerprint density at radius 1 is 1.11 bits per heavy atom. The molecule has 1 saturated heterocycles. The Kier molecular flexibility index (Phi) is 2.09. The third-order valence-electron chi connectivity index (χ3n) is 2.72. The first kappa shape index (κ1) is 10.4. The van der Waals surface area contributed by atoms with E-state index in [1.54, 1.807) is 30.6 Å². The van der Waals surface area contributed by atoms with Crippen LogP contribution in [0.5, 0.6) is 0 Å². The second-order valence-electron chi connectivity index (χ2n) is 3.77. The number of anilines is 1. The molecule has 6 nitrogen and oxygen atoms in total. The number of nitrogens with zero attached hydrogens (tertiary/aromatic N) is 2. The second kappa shape index (κ2) is 3.63. The third-order valence-corrected chi connectivity index (χ3v) is 2.72. The topological polar surface area (TPSA) is 79.4 Å². The predicted octanol–water partition coefficient (Wildman–Crippen LogP) is 0.818. The van der Waals surface area contributed by atoms with Gasteiger partial charge in [-0.15, -0.1) is 0 Å². The van der Waals surface area contributed by atoms with Gasteiger partial charge in [0, 0.05) is 23.2 Å². The van der Waals surface area contributed by atoms with Crippen LogP contribution in [0.4, 0.5) is 10.5 Å². The van der Waals surface area contributed by atoms with Gasteiger partial charge in [-0.1, -0.05) is 12.1 Å². The lowest BCUT2D eigenvalue weighted by Gasteiger charge is -2.13. The number of hydrogen-bond acceptors (Lipinski definition) is 4. The zero-order chi connectivity index (χ0) is 12.7. The van der Waals surface area contributed by atoms with E-state index in [0.29, 0.717) is 11.1 Å². The number of carbonyl (C=O) groups excluding carboxylic acids is 3. The zero-order valence-corrected chi connectivity index (χ0v) is 9.08. The molecular weight excluding hydrogens is 234 g/mol. The number of pyridine rings is 1. The van der Waals surface area contributed by atoms with E-state index in [4.69, 9.17) is 0 Å². The minimum absolute atomic E-state index is 0.378. The summed E-state index contributed by atoms with van der Waals surface area (Å²) in [6.45, 7) is 0. The standard InChI is InChI=1S/C12H7N3O3/c16-10-11(17)15(12(18)14-10)9-3-1-2-7-6-13-5-4-8(7)9/h1-6H,(H,14,16,18). The molecule has 1 aliphatic heterocycles. The van der Waals surface area contributed by atoms with Gasteiger partial charge in [-0.05, 0) is 12.1 Å². The lowest BCUT2D eigenvalue weighted by Crippen LogP contribution is -2.30. The SMILES string of the molecule is O=C1NC(=O)N(c2cccc3cnccc23)C1=O. The number of nitrogens with one attached hydrogen (secondary N) is 1. The highest BCUT2D eigenvalue weighted by Gasteiger charge is 2.38. The van der Waals surface area contributed by atoms with Crippen LogP contribution in [0.25, 0.3) is 10.8 Å². The van der Waals surface area contributed by atoms with Crippen molar-refractivity contribution in [3.8, 4) is 0 Å². The third kappa shape index (κ3) is 1.36. The Bertz CT molecular complexity index is 691. The van der Waals surface area contributed by atoms with Crippen LogP contribution >= 0.6 is 0 Å². The van der Waals surface area contributed by atoms with Crippen molar-refractivity contribution >= 4 is 34.3 Å². The van der Waals surface area contributed by atoms with Crippen LogP contribution < -0.4 is 10.2 Å². The fraction of sp³-hybridized carbons (Fsp3) is 0. The molecule has 0 spiro atoms. The van der Waals surface area contributed by atoms with Gasteiger partial charge in [-0.25, -0.2) is 9.69 Å². The number of aromatic nitrogens is 1. The van der Waals surface area contributed by atoms with E-state index in [1.807, 2.05) is 11.4 Å². The van der Waals surface area contributed by atoms with Gasteiger partial charge in [-0.3, -0.25) is 19.9 Å². The van der Waals surface area contributed by atoms with Crippen LogP contribution in [0.3, 0.4) is 0 Å². The summed E-state index contributed by atoms with van der Waals surface area (Å²) in [5.41, 5.74) is 0.378. The molecule has 88 valence electrons. The first-order chi connectivity index (χ1) is 8.68. The average Bonchev–Trinajstić information content (AvgIpc) is 2.63. The molecule has 18 heavy (non-hydrogen) atoms. The molecule has 0 atom stereocenters. The van der Waals surface area contributed by atoms with Gasteiger partial charge in [0.25, 0.3) is 0 Å². The van der Waals surface area contributed by atoms with Gasteiger partial charge in [0.15, 0.2) is 0 Å². The van der Waals surface area contributed by atoms with Crippen LogP contribution in [-0.4, -0.2) is 22.8 Å². The van der Waals surface area contributed by atoms with Crippen molar-refractivity contribution in [3.05, 3.63) is 36.7 Å². The molecule has 0 saturated carbocycles. The van der Waals surface area contributed by atoms with Crippen molar-refractivity contribution in [1.82, 2.24) is 10.3 Å². The summed E-state index contributed by atoms with van der Waals surface area (Å²) < 4.78 is 0. The van der Waals surface area contributed by atoms with Crippen LogP contribution in [-0.2, 0) is 9.59 Å². The Balaban J connectivity index is 2.24. The van der Waals surface area contributed by atoms with E-state index in [2.05, 4.69) is 4.98 Å². The van der Waals surface area contributed by atoms with Crippen molar-refractivity contribution in [1.29, 1.82) is 0 Å². The quantitative estimate of drug-likeness (QED) is 0.592. The smallest absolute Gasteiger partial charge is 0.269 e. The second-order valence-corrected chi connectivity index (χ2v) is 3.77. The fourth-order valence-electron chi connectivity index (χ4n) is 1.92. The number of amides is 4. The number of hydrogen-bond donors (Lipinski definition) is 1. The largest absolute Gasteiger partial charge is 0.336 e. The molecule has 1 aromatic heterocycles. The van der Waals surface area contributed by atoms with Crippen LogP contribution in [0, 0.1) is 0 Å². The normalized spacial score (nSPS) is 15.3. The molecular formula is C12H7N3O3. The van der Waals surface area contributed by atoms with Crippen LogP contribution in [0.1, 0.15) is 0 Å². The molecule has 2 heterocycles. The van der Waals surface area contributed by atoms with Crippen molar-refractivity contribution in [2.24, 2.45) is 0 Å². The van der Waals surface area contributed by atoms with E-state index in [-0.39, 0.29) is 0 Å². The van der Waals surface area contributed by atoms with E-state index in [1.165, 1.54) is 0 Å². The molecule has 1 aromatic carbocycles. The average molecular weight is 241 g/mol. The minimum atomic E-state index is -0.911. The summed E-state index contributed by atoms with van der Waals surface area (Å²) in [5, 5.41) is 3.44. The van der Waals surface area contributed by atoms with Crippen molar-refractivity contribution < 1.29 is 14.4 Å². The molecule has 6 heteroatoms. The predicted molar refractivity (Wildman–Crippen MR) is 62.8 cm³/mol. The lowest BCUT2D eigenvalue weighted by atomic mass is 10.1. The van der Waals surface area contributed by atoms with Gasteiger partial charge >= 0.3 is 17.8 Å². The lowest BCUT2D eigenvalue weighted by molar-refractivity contribution is -0.134. The summed E-state index contributed by atoms with van der Waals surface area (Å²) >= 11 is 0. The maximum Gasteiger partial charge on any atom is 0.336 e. The number of benzene rings is 1. The van der Waals surface area contributed by atoms with Crippen molar-refractivity contribution in [2.75, 3.05) is 4.90 Å². The van der Waals surface area contributed by atoms with E-state index < -0.39 is 17.8 Å². The summed E-state index contributed by atoms with van der Waals surface area (Å²) in [5.74, 6) is -1.78. The van der Waals surface area contributed by atoms with Crippen molar-refractivity contribution in [2.45, 2.75) is 0 Å². The maximum atomic E-state index is 11.6. The maximum absolute atomic E-state index is 11.6. The minimum Gasteiger partial charge on any atom is -0.269 e. The number of fused-ring (bicyclic) bond motifs is 1. The summed E-state index contributed by atoms with van der Waals surface area (Å²) in [4.78, 5) is 39.2. The Morgan fingerprint density at radius 3 is 2.67 bits per heavy atom. The molecule has 1 aliphatic rings. The van der Waals surface area contributed by atoms with Gasteiger partial charge in [0.1, 0.15) is 0 Å². The highest BCUT2D eigenvalue weighted by atomic mass is 16.2. The summed E-state index contributed by atoms with van der Waals surface area (Å²) in [6, 6.07) is 6.08. The molecule has 1 N–H and O–H groups in total. The summed E-state index contributed by atoms with van der Waals surface area (Å²) in [6.07, 6.45) is 3.19. The Labute approximate surface area is 101 Å². The Hall–Kier alpha value is -2.76. The number of urea groups is 1. The molecule has 2 aromatic rings. The number of carbonyl (C=O) groups is 3. The fourth-order valence-corrected chi connectivity index (χ4v) is 1.92. The number of imide groups is 2. The first-order valence-electron chi connectivity index (χ1n) is 5.20. The van der Waals surface area contributed by atoms with Gasteiger partial charge in [0.2, 0.25) is 0 Å².